The van der Waals surface area contributed by atoms with E-state index in [2.05, 4.69) is 125 Å². The lowest BCUT2D eigenvalue weighted by molar-refractivity contribution is -0.161. The third kappa shape index (κ3) is 72.1. The number of ether oxygens (including phenoxy) is 4. The normalized spacial score (nSPS) is 14.5. The standard InChI is InChI=1S/C81H140O17P2/c1-5-9-13-17-21-25-29-32-34-36-37-39-41-44-47-50-54-58-62-66-78(83)91-71-76(97-80(85)67-63-59-55-51-45-28-24-20-16-12-8-4)73-95-99(87,88)93-69-75(82)70-94-100(89,90)96-74-77(98-81(86)68-64-60-56-52-48-42-31-27-23-19-15-11-7-3)72-92-79(84)65-61-57-53-49-46-43-40-38-35-33-30-26-22-18-14-10-6-2/h10,14,21-22,25-27,31-35,37,39-40,43,49,53,75-77,82H,5-9,11-13,15-20,23-24,28-30,36,38,41-42,44-48,50-52,54-74H2,1-4H3,(H,87,88)(H,89,90)/b14-10-,25-21-,26-22-,31-27-,34-32-,35-33-,39-37-,43-40-,53-49-. The van der Waals surface area contributed by atoms with E-state index in [4.69, 9.17) is 37.0 Å². The number of aliphatic hydroxyl groups is 1. The smallest absolute Gasteiger partial charge is 0.462 e. The Bertz CT molecular complexity index is 2320. The van der Waals surface area contributed by atoms with Crippen molar-refractivity contribution in [1.29, 1.82) is 0 Å². The molecule has 0 aromatic heterocycles. The molecule has 0 spiro atoms. The Morgan fingerprint density at radius 2 is 0.530 bits per heavy atom. The van der Waals surface area contributed by atoms with E-state index in [9.17, 15) is 43.2 Å². The zero-order valence-electron chi connectivity index (χ0n) is 62.8. The van der Waals surface area contributed by atoms with Gasteiger partial charge in [-0.1, -0.05) is 278 Å². The number of carbonyl (C=O) groups is 4. The van der Waals surface area contributed by atoms with Gasteiger partial charge in [-0.2, -0.15) is 0 Å². The molecule has 5 atom stereocenters. The number of allylic oxidation sites excluding steroid dienone is 18. The van der Waals surface area contributed by atoms with Gasteiger partial charge in [0, 0.05) is 25.7 Å². The number of esters is 4. The number of carbonyl (C=O) groups excluding carboxylic acids is 4. The zero-order valence-corrected chi connectivity index (χ0v) is 64.6. The van der Waals surface area contributed by atoms with Crippen molar-refractivity contribution in [2.24, 2.45) is 0 Å². The summed E-state index contributed by atoms with van der Waals surface area (Å²) in [4.78, 5) is 72.8. The van der Waals surface area contributed by atoms with Gasteiger partial charge in [-0.3, -0.25) is 37.3 Å². The third-order valence-corrected chi connectivity index (χ3v) is 18.1. The quantitative estimate of drug-likeness (QED) is 0.0169. The molecule has 0 amide bonds. The molecule has 0 aromatic rings. The lowest BCUT2D eigenvalue weighted by Crippen LogP contribution is -2.30. The molecule has 0 aliphatic heterocycles. The molecular weight excluding hydrogens is 1310 g/mol. The Morgan fingerprint density at radius 1 is 0.290 bits per heavy atom. The van der Waals surface area contributed by atoms with E-state index in [1.54, 1.807) is 0 Å². The molecule has 100 heavy (non-hydrogen) atoms. The Morgan fingerprint density at radius 3 is 0.880 bits per heavy atom. The highest BCUT2D eigenvalue weighted by molar-refractivity contribution is 7.47. The van der Waals surface area contributed by atoms with Crippen LogP contribution in [0.15, 0.2) is 109 Å². The van der Waals surface area contributed by atoms with E-state index in [1.807, 2.05) is 12.2 Å². The largest absolute Gasteiger partial charge is 0.472 e. The number of unbranched alkanes of at least 4 members (excludes halogenated alkanes) is 29. The van der Waals surface area contributed by atoms with Gasteiger partial charge in [-0.25, -0.2) is 9.13 Å². The van der Waals surface area contributed by atoms with Gasteiger partial charge in [-0.15, -0.1) is 0 Å². The van der Waals surface area contributed by atoms with Crippen LogP contribution in [0.4, 0.5) is 0 Å². The third-order valence-electron chi connectivity index (χ3n) is 16.2. The molecule has 0 radical (unpaired) electrons. The van der Waals surface area contributed by atoms with Gasteiger partial charge < -0.3 is 33.8 Å². The summed E-state index contributed by atoms with van der Waals surface area (Å²) in [6, 6.07) is 0. The highest BCUT2D eigenvalue weighted by atomic mass is 31.2. The summed E-state index contributed by atoms with van der Waals surface area (Å²) in [7, 11) is -9.97. The van der Waals surface area contributed by atoms with Crippen LogP contribution in [0.25, 0.3) is 0 Å². The van der Waals surface area contributed by atoms with Gasteiger partial charge in [0.1, 0.15) is 19.3 Å². The van der Waals surface area contributed by atoms with E-state index in [0.29, 0.717) is 32.1 Å². The fourth-order valence-corrected chi connectivity index (χ4v) is 11.8. The van der Waals surface area contributed by atoms with E-state index in [0.717, 1.165) is 154 Å². The predicted octanol–water partition coefficient (Wildman–Crippen LogP) is 22.6. The molecular formula is C81H140O17P2. The number of rotatable bonds is 73. The van der Waals surface area contributed by atoms with Crippen LogP contribution in [0, 0.1) is 0 Å². The summed E-state index contributed by atoms with van der Waals surface area (Å²) in [6.07, 6.45) is 78.0. The van der Waals surface area contributed by atoms with Crippen LogP contribution in [0.1, 0.15) is 323 Å². The van der Waals surface area contributed by atoms with Gasteiger partial charge in [-0.05, 0) is 128 Å². The van der Waals surface area contributed by atoms with Gasteiger partial charge in [0.05, 0.1) is 26.4 Å². The summed E-state index contributed by atoms with van der Waals surface area (Å²) >= 11 is 0. The van der Waals surface area contributed by atoms with Crippen LogP contribution < -0.4 is 0 Å². The molecule has 0 heterocycles. The molecule has 576 valence electrons. The van der Waals surface area contributed by atoms with Crippen molar-refractivity contribution in [2.45, 2.75) is 341 Å². The Kier molecular flexibility index (Phi) is 69.9. The number of phosphoric ester groups is 2. The number of aliphatic hydroxyl groups excluding tert-OH is 1. The zero-order chi connectivity index (χ0) is 73.2. The van der Waals surface area contributed by atoms with Crippen molar-refractivity contribution in [3.8, 4) is 0 Å². The van der Waals surface area contributed by atoms with E-state index in [1.165, 1.54) is 83.5 Å². The first-order valence-corrected chi connectivity index (χ1v) is 42.1. The maximum Gasteiger partial charge on any atom is 0.472 e. The number of phosphoric acid groups is 2. The Balaban J connectivity index is 5.35. The van der Waals surface area contributed by atoms with Crippen molar-refractivity contribution < 1.29 is 80.2 Å². The fraction of sp³-hybridized carbons (Fsp3) is 0.728. The van der Waals surface area contributed by atoms with Crippen LogP contribution in [-0.4, -0.2) is 96.7 Å². The van der Waals surface area contributed by atoms with E-state index >= 15 is 0 Å². The molecule has 0 fully saturated rings. The molecule has 0 aromatic carbocycles. The van der Waals surface area contributed by atoms with Gasteiger partial charge in [0.25, 0.3) is 0 Å². The van der Waals surface area contributed by atoms with Gasteiger partial charge in [0.2, 0.25) is 0 Å². The first-order valence-electron chi connectivity index (χ1n) is 39.1. The number of hydrogen-bond donors (Lipinski definition) is 3. The molecule has 17 nitrogen and oxygen atoms in total. The summed E-state index contributed by atoms with van der Waals surface area (Å²) in [5.41, 5.74) is 0. The minimum atomic E-state index is -4.99. The highest BCUT2D eigenvalue weighted by Crippen LogP contribution is 2.45. The van der Waals surface area contributed by atoms with Crippen LogP contribution in [0.5, 0.6) is 0 Å². The number of hydrogen-bond acceptors (Lipinski definition) is 15. The van der Waals surface area contributed by atoms with E-state index in [-0.39, 0.29) is 25.7 Å². The molecule has 0 aliphatic rings. The molecule has 0 bridgehead atoms. The second-order valence-electron chi connectivity index (χ2n) is 25.9. The maximum atomic E-state index is 13.1. The van der Waals surface area contributed by atoms with Crippen molar-refractivity contribution >= 4 is 39.5 Å². The summed E-state index contributed by atoms with van der Waals surface area (Å²) in [6.45, 7) is 4.64. The van der Waals surface area contributed by atoms with Crippen molar-refractivity contribution in [2.75, 3.05) is 39.6 Å². The second-order valence-corrected chi connectivity index (χ2v) is 28.8. The second kappa shape index (κ2) is 73.0. The first kappa shape index (κ1) is 95.7. The average molecular weight is 1450 g/mol. The fourth-order valence-electron chi connectivity index (χ4n) is 10.3. The van der Waals surface area contributed by atoms with Crippen LogP contribution in [0.3, 0.4) is 0 Å². The highest BCUT2D eigenvalue weighted by Gasteiger charge is 2.30. The topological polar surface area (TPSA) is 237 Å². The van der Waals surface area contributed by atoms with Gasteiger partial charge in [0.15, 0.2) is 12.2 Å². The minimum Gasteiger partial charge on any atom is -0.462 e. The predicted molar refractivity (Wildman–Crippen MR) is 408 cm³/mol. The van der Waals surface area contributed by atoms with Crippen LogP contribution >= 0.6 is 15.6 Å². The molecule has 0 rings (SSSR count). The minimum absolute atomic E-state index is 0.0720. The summed E-state index contributed by atoms with van der Waals surface area (Å²) < 4.78 is 68.4. The van der Waals surface area contributed by atoms with Gasteiger partial charge >= 0.3 is 39.5 Å². The molecule has 19 heteroatoms. The lowest BCUT2D eigenvalue weighted by atomic mass is 10.1. The Labute approximate surface area is 607 Å². The molecule has 3 N–H and O–H groups in total. The molecule has 0 saturated heterocycles. The maximum absolute atomic E-state index is 13.1. The van der Waals surface area contributed by atoms with Crippen molar-refractivity contribution in [3.63, 3.8) is 0 Å². The van der Waals surface area contributed by atoms with Crippen LogP contribution in [-0.2, 0) is 65.4 Å². The van der Waals surface area contributed by atoms with Crippen molar-refractivity contribution in [1.82, 2.24) is 0 Å². The molecule has 5 unspecified atom stereocenters. The summed E-state index contributed by atoms with van der Waals surface area (Å²) in [5, 5.41) is 10.6. The SMILES string of the molecule is CC/C=C\C/C=C\C/C=C\C/C=C\C/C=C\CCCC(=O)OCC(COP(=O)(O)OCC(O)COP(=O)(O)OCC(COC(=O)CCCCCCCC/C=C\C/C=C\C/C=C\CCCCC)OC(=O)CCCCCCCCCCCCC)OC(=O)CCCCCCC/C=C\CCCCCC. The molecule has 0 saturated carbocycles. The average Bonchev–Trinajstić information content (AvgIpc) is 0.939. The summed E-state index contributed by atoms with van der Waals surface area (Å²) in [5.74, 6) is -2.25. The first-order chi connectivity index (χ1) is 48.7. The Hall–Kier alpha value is -4.28. The monoisotopic (exact) mass is 1450 g/mol. The van der Waals surface area contributed by atoms with Crippen molar-refractivity contribution in [3.05, 3.63) is 109 Å². The van der Waals surface area contributed by atoms with E-state index < -0.39 is 97.5 Å². The molecule has 0 aliphatic carbocycles. The van der Waals surface area contributed by atoms with Crippen LogP contribution in [0.2, 0.25) is 0 Å². The lowest BCUT2D eigenvalue weighted by Gasteiger charge is -2.21.